The van der Waals surface area contributed by atoms with Crippen molar-refractivity contribution in [3.05, 3.63) is 82.3 Å². The van der Waals surface area contributed by atoms with Gasteiger partial charge in [-0.25, -0.2) is 23.8 Å². The van der Waals surface area contributed by atoms with Crippen molar-refractivity contribution < 1.29 is 23.8 Å². The number of imidazole rings is 2. The number of fused-ring (bicyclic) bond motifs is 2. The lowest BCUT2D eigenvalue weighted by molar-refractivity contribution is -0.153. The number of carbonyl (C=O) groups is 2. The highest BCUT2D eigenvalue weighted by Crippen LogP contribution is 2.42. The predicted molar refractivity (Wildman–Crippen MR) is 147 cm³/mol. The fourth-order valence-corrected chi connectivity index (χ4v) is 5.73. The Balaban J connectivity index is 1.09. The van der Waals surface area contributed by atoms with Crippen molar-refractivity contribution in [1.29, 1.82) is 0 Å². The summed E-state index contributed by atoms with van der Waals surface area (Å²) in [4.78, 5) is 33.4. The SMILES string of the molecule is O=C(NCc1ncn2ccc(Cl)c(F)c12)c1cn(Cc2cn3cc(C4CC4)cc(C4CCOC(C(=O)O)C4)c3n2)nn1. The molecule has 2 unspecified atom stereocenters. The van der Waals surface area contributed by atoms with E-state index in [1.807, 2.05) is 10.6 Å². The van der Waals surface area contributed by atoms with Gasteiger partial charge < -0.3 is 24.0 Å². The molecule has 14 heteroatoms. The molecule has 1 aliphatic carbocycles. The van der Waals surface area contributed by atoms with Crippen LogP contribution in [-0.2, 0) is 22.6 Å². The van der Waals surface area contributed by atoms with Gasteiger partial charge in [-0.1, -0.05) is 22.9 Å². The van der Waals surface area contributed by atoms with E-state index in [9.17, 15) is 19.1 Å². The Bertz CT molecular complexity index is 1840. The number of rotatable bonds is 8. The zero-order valence-electron chi connectivity index (χ0n) is 22.3. The quantitative estimate of drug-likeness (QED) is 0.279. The number of aliphatic carboxylic acids is 1. The minimum absolute atomic E-state index is 0.0209. The molecule has 0 radical (unpaired) electrons. The number of carboxylic acid groups (broad SMARTS) is 1. The fraction of sp³-hybridized carbons (Fsp3) is 0.357. The van der Waals surface area contributed by atoms with Crippen LogP contribution in [0.15, 0.2) is 43.2 Å². The molecular formula is C28H26ClFN8O4. The number of hydrogen-bond acceptors (Lipinski definition) is 7. The molecule has 0 aromatic carbocycles. The zero-order valence-corrected chi connectivity index (χ0v) is 23.0. The third-order valence-electron chi connectivity index (χ3n) is 7.88. The van der Waals surface area contributed by atoms with Crippen molar-refractivity contribution in [1.82, 2.24) is 39.1 Å². The van der Waals surface area contributed by atoms with E-state index in [0.717, 1.165) is 36.2 Å². The molecule has 2 fully saturated rings. The van der Waals surface area contributed by atoms with Gasteiger partial charge in [-0.2, -0.15) is 0 Å². The van der Waals surface area contributed by atoms with Crippen molar-refractivity contribution in [2.45, 2.75) is 56.7 Å². The third kappa shape index (κ3) is 4.98. The van der Waals surface area contributed by atoms with Gasteiger partial charge in [-0.15, -0.1) is 5.10 Å². The lowest BCUT2D eigenvalue weighted by Crippen LogP contribution is -2.31. The van der Waals surface area contributed by atoms with E-state index in [2.05, 4.69) is 32.9 Å². The average molecular weight is 593 g/mol. The lowest BCUT2D eigenvalue weighted by atomic mass is 9.88. The number of aromatic nitrogens is 7. The molecule has 1 amide bonds. The summed E-state index contributed by atoms with van der Waals surface area (Å²) in [5.74, 6) is -1.50. The summed E-state index contributed by atoms with van der Waals surface area (Å²) in [6.07, 6.45) is 11.2. The van der Waals surface area contributed by atoms with Crippen LogP contribution in [0.2, 0.25) is 5.02 Å². The van der Waals surface area contributed by atoms with Gasteiger partial charge in [0.15, 0.2) is 17.6 Å². The molecule has 7 rings (SSSR count). The molecule has 1 saturated carbocycles. The summed E-state index contributed by atoms with van der Waals surface area (Å²) < 4.78 is 25.0. The molecule has 2 N–H and O–H groups in total. The molecule has 1 aliphatic heterocycles. The smallest absolute Gasteiger partial charge is 0.332 e. The molecule has 0 spiro atoms. The summed E-state index contributed by atoms with van der Waals surface area (Å²) in [7, 11) is 0. The van der Waals surface area contributed by atoms with Crippen LogP contribution in [0.25, 0.3) is 11.2 Å². The number of nitrogens with one attached hydrogen (secondary N) is 1. The number of pyridine rings is 2. The number of carboxylic acids is 1. The van der Waals surface area contributed by atoms with Crippen LogP contribution >= 0.6 is 11.6 Å². The van der Waals surface area contributed by atoms with Gasteiger partial charge in [0, 0.05) is 25.2 Å². The van der Waals surface area contributed by atoms with Crippen molar-refractivity contribution in [2.75, 3.05) is 6.61 Å². The van der Waals surface area contributed by atoms with Crippen LogP contribution in [0.3, 0.4) is 0 Å². The summed E-state index contributed by atoms with van der Waals surface area (Å²) in [5, 5.41) is 20.3. The van der Waals surface area contributed by atoms with E-state index < -0.39 is 23.8 Å². The average Bonchev–Trinajstić information content (AvgIpc) is 3.38. The maximum atomic E-state index is 14.5. The maximum Gasteiger partial charge on any atom is 0.332 e. The first kappa shape index (κ1) is 26.5. The number of nitrogens with zero attached hydrogens (tertiary/aromatic N) is 7. The first-order valence-electron chi connectivity index (χ1n) is 13.7. The Morgan fingerprint density at radius 1 is 1.17 bits per heavy atom. The van der Waals surface area contributed by atoms with E-state index in [1.165, 1.54) is 33.2 Å². The molecule has 1 saturated heterocycles. The molecular weight excluding hydrogens is 567 g/mol. The minimum Gasteiger partial charge on any atom is -0.479 e. The first-order valence-corrected chi connectivity index (χ1v) is 14.1. The van der Waals surface area contributed by atoms with Crippen LogP contribution in [0.4, 0.5) is 4.39 Å². The van der Waals surface area contributed by atoms with Crippen LogP contribution in [-0.4, -0.2) is 63.5 Å². The summed E-state index contributed by atoms with van der Waals surface area (Å²) in [6, 6.07) is 3.61. The van der Waals surface area contributed by atoms with E-state index in [4.69, 9.17) is 21.3 Å². The van der Waals surface area contributed by atoms with E-state index in [1.54, 1.807) is 6.20 Å². The molecule has 5 aromatic heterocycles. The summed E-state index contributed by atoms with van der Waals surface area (Å²) in [5.41, 5.74) is 4.39. The largest absolute Gasteiger partial charge is 0.479 e. The minimum atomic E-state index is -0.945. The van der Waals surface area contributed by atoms with Gasteiger partial charge in [0.2, 0.25) is 0 Å². The highest BCUT2D eigenvalue weighted by molar-refractivity contribution is 6.31. The Hall–Kier alpha value is -4.36. The summed E-state index contributed by atoms with van der Waals surface area (Å²) in [6.45, 7) is 0.645. The molecule has 12 nitrogen and oxygen atoms in total. The van der Waals surface area contributed by atoms with Crippen LogP contribution in [0.5, 0.6) is 0 Å². The monoisotopic (exact) mass is 592 g/mol. The highest BCUT2D eigenvalue weighted by Gasteiger charge is 2.32. The second kappa shape index (κ2) is 10.5. The van der Waals surface area contributed by atoms with Gasteiger partial charge in [0.1, 0.15) is 11.2 Å². The van der Waals surface area contributed by atoms with E-state index >= 15 is 0 Å². The molecule has 216 valence electrons. The molecule has 42 heavy (non-hydrogen) atoms. The predicted octanol–water partition coefficient (Wildman–Crippen LogP) is 3.57. The summed E-state index contributed by atoms with van der Waals surface area (Å²) >= 11 is 5.90. The van der Waals surface area contributed by atoms with Crippen molar-refractivity contribution in [2.24, 2.45) is 0 Å². The highest BCUT2D eigenvalue weighted by atomic mass is 35.5. The third-order valence-corrected chi connectivity index (χ3v) is 8.17. The first-order chi connectivity index (χ1) is 20.3. The molecule has 2 atom stereocenters. The second-order valence-corrected chi connectivity index (χ2v) is 11.2. The van der Waals surface area contributed by atoms with Gasteiger partial charge in [0.05, 0.1) is 42.0 Å². The van der Waals surface area contributed by atoms with Gasteiger partial charge in [-0.05, 0) is 54.7 Å². The Kier molecular flexibility index (Phi) is 6.62. The van der Waals surface area contributed by atoms with Crippen LogP contribution < -0.4 is 5.32 Å². The second-order valence-electron chi connectivity index (χ2n) is 10.8. The Labute approximate surface area is 243 Å². The number of carbonyl (C=O) groups excluding carboxylic acids is 1. The van der Waals surface area contributed by atoms with Crippen LogP contribution in [0, 0.1) is 5.82 Å². The molecule has 6 heterocycles. The topological polar surface area (TPSA) is 141 Å². The lowest BCUT2D eigenvalue weighted by Gasteiger charge is -2.27. The molecule has 5 aromatic rings. The number of hydrogen-bond donors (Lipinski definition) is 2. The van der Waals surface area contributed by atoms with E-state index in [0.29, 0.717) is 24.6 Å². The van der Waals surface area contributed by atoms with Crippen molar-refractivity contribution >= 4 is 34.6 Å². The standard InChI is InChI=1S/C28H26ClFN8O4/c29-20-3-5-36-14-32-21(25(36)24(20)30)9-31-27(39)22-13-38(35-34-22)12-18-11-37-10-17(15-1-2-15)7-19(26(37)33-18)16-4-6-42-23(8-16)28(40)41/h3,5,7,10-11,13-16,23H,1-2,4,6,8-9,12H2,(H,31,39)(H,40,41). The number of ether oxygens (including phenoxy) is 1. The van der Waals surface area contributed by atoms with Crippen LogP contribution in [0.1, 0.15) is 70.5 Å². The van der Waals surface area contributed by atoms with Gasteiger partial charge in [-0.3, -0.25) is 4.79 Å². The number of amides is 1. The Morgan fingerprint density at radius 2 is 2.02 bits per heavy atom. The maximum absolute atomic E-state index is 14.5. The van der Waals surface area contributed by atoms with Gasteiger partial charge >= 0.3 is 5.97 Å². The molecule has 2 aliphatic rings. The zero-order chi connectivity index (χ0) is 29.0. The van der Waals surface area contributed by atoms with Crippen molar-refractivity contribution in [3.8, 4) is 0 Å². The molecule has 0 bridgehead atoms. The van der Waals surface area contributed by atoms with E-state index in [-0.39, 0.29) is 35.2 Å². The Morgan fingerprint density at radius 3 is 2.83 bits per heavy atom. The van der Waals surface area contributed by atoms with Gasteiger partial charge in [0.25, 0.3) is 5.91 Å². The number of halogens is 2. The fourth-order valence-electron chi connectivity index (χ4n) is 5.58. The van der Waals surface area contributed by atoms with Crippen molar-refractivity contribution in [3.63, 3.8) is 0 Å². The normalized spacial score (nSPS) is 19.0.